The van der Waals surface area contributed by atoms with Crippen LogP contribution in [0.4, 0.5) is 5.69 Å². The molecule has 0 atom stereocenters. The molecule has 4 aromatic carbocycles. The number of benzene rings is 4. The van der Waals surface area contributed by atoms with Crippen molar-refractivity contribution in [2.75, 3.05) is 12.4 Å². The molecule has 0 bridgehead atoms. The number of rotatable bonds is 10. The number of ether oxygens (including phenoxy) is 3. The second kappa shape index (κ2) is 15.5. The van der Waals surface area contributed by atoms with Gasteiger partial charge in [0.1, 0.15) is 5.75 Å². The Morgan fingerprint density at radius 3 is 2.29 bits per heavy atom. The van der Waals surface area contributed by atoms with E-state index in [-0.39, 0.29) is 28.4 Å². The minimum absolute atomic E-state index is 0.180. The average Bonchev–Trinajstić information content (AvgIpc) is 3.02. The Balaban J connectivity index is 1.39. The lowest BCUT2D eigenvalue weighted by Gasteiger charge is -2.11. The highest BCUT2D eigenvalue weighted by molar-refractivity contribution is 9.10. The molecule has 0 radical (unpaired) electrons. The Hall–Kier alpha value is -5.26. The van der Waals surface area contributed by atoms with E-state index in [9.17, 15) is 19.2 Å². The smallest absolute Gasteiger partial charge is 0.336 e. The maximum atomic E-state index is 12.8. The first kappa shape index (κ1) is 32.6. The molecular weight excluding hydrogens is 666 g/mol. The molecule has 45 heavy (non-hydrogen) atoms. The van der Waals surface area contributed by atoms with E-state index in [0.717, 1.165) is 5.56 Å². The zero-order valence-corrected chi connectivity index (χ0v) is 26.2. The van der Waals surface area contributed by atoms with E-state index >= 15 is 0 Å². The highest BCUT2D eigenvalue weighted by Crippen LogP contribution is 2.29. The van der Waals surface area contributed by atoms with E-state index in [1.807, 2.05) is 0 Å². The molecule has 0 fully saturated rings. The second-order valence-corrected chi connectivity index (χ2v) is 10.5. The molecule has 2 N–H and O–H groups in total. The molecule has 4 rings (SSSR count). The average molecular weight is 691 g/mol. The highest BCUT2D eigenvalue weighted by Gasteiger charge is 2.14. The van der Waals surface area contributed by atoms with Crippen molar-refractivity contribution >= 4 is 69.3 Å². The van der Waals surface area contributed by atoms with Gasteiger partial charge in [-0.1, -0.05) is 45.7 Å². The minimum atomic E-state index is -0.608. The predicted octanol–water partition coefficient (Wildman–Crippen LogP) is 6.67. The molecule has 0 aliphatic carbocycles. The first-order valence-electron chi connectivity index (χ1n) is 13.2. The van der Waals surface area contributed by atoms with Crippen LogP contribution in [0.2, 0.25) is 5.02 Å². The topological polar surface area (TPSA) is 132 Å². The number of nitrogens with zero attached hydrogens (tertiary/aromatic N) is 1. The molecule has 2 amide bonds. The Kier molecular flexibility index (Phi) is 11.2. The van der Waals surface area contributed by atoms with Gasteiger partial charge in [0.05, 0.1) is 13.3 Å². The zero-order chi connectivity index (χ0) is 32.3. The first-order valence-corrected chi connectivity index (χ1v) is 14.3. The number of carbonyl (C=O) groups excluding carboxylic acids is 4. The maximum absolute atomic E-state index is 12.8. The Morgan fingerprint density at radius 1 is 0.822 bits per heavy atom. The first-order chi connectivity index (χ1) is 21.6. The third-order valence-electron chi connectivity index (χ3n) is 5.90. The van der Waals surface area contributed by atoms with Gasteiger partial charge in [0.15, 0.2) is 11.5 Å². The number of hydrazone groups is 1. The van der Waals surface area contributed by atoms with Crippen LogP contribution in [-0.4, -0.2) is 37.1 Å². The van der Waals surface area contributed by atoms with Crippen molar-refractivity contribution in [1.82, 2.24) is 5.43 Å². The summed E-state index contributed by atoms with van der Waals surface area (Å²) in [6.07, 6.45) is 4.22. The molecule has 10 nitrogen and oxygen atoms in total. The second-order valence-electron chi connectivity index (χ2n) is 9.18. The maximum Gasteiger partial charge on any atom is 0.336 e. The standard InChI is InChI=1S/C33H25BrClN3O7/c1-20(39)44-29-13-9-23(18-30(29)43-2)32(41)37-27-5-3-4-22(17-27)33(42)38-36-19-24-16-25(34)10-14-28(24)45-31(40)15-8-21-6-11-26(35)12-7-21/h3-19H,1-2H3,(H,37,41)(H,38,42)/b15-8+,36-19?. The molecule has 0 saturated carbocycles. The van der Waals surface area contributed by atoms with E-state index < -0.39 is 23.8 Å². The van der Waals surface area contributed by atoms with Gasteiger partial charge in [-0.05, 0) is 78.4 Å². The number of esters is 2. The highest BCUT2D eigenvalue weighted by atomic mass is 79.9. The fraction of sp³-hybridized carbons (Fsp3) is 0.0606. The number of carbonyl (C=O) groups is 4. The number of nitrogens with one attached hydrogen (secondary N) is 2. The molecule has 0 aromatic heterocycles. The Morgan fingerprint density at radius 2 is 1.56 bits per heavy atom. The molecule has 12 heteroatoms. The lowest BCUT2D eigenvalue weighted by molar-refractivity contribution is -0.132. The van der Waals surface area contributed by atoms with Gasteiger partial charge in [-0.15, -0.1) is 0 Å². The summed E-state index contributed by atoms with van der Waals surface area (Å²) >= 11 is 9.27. The van der Waals surface area contributed by atoms with E-state index in [4.69, 9.17) is 25.8 Å². The normalized spacial score (nSPS) is 10.8. The van der Waals surface area contributed by atoms with Crippen molar-refractivity contribution in [2.24, 2.45) is 5.10 Å². The van der Waals surface area contributed by atoms with Gasteiger partial charge in [-0.25, -0.2) is 10.2 Å². The van der Waals surface area contributed by atoms with Crippen LogP contribution in [0.15, 0.2) is 101 Å². The van der Waals surface area contributed by atoms with Crippen LogP contribution in [-0.2, 0) is 9.59 Å². The van der Waals surface area contributed by atoms with Gasteiger partial charge in [-0.2, -0.15) is 5.10 Å². The molecule has 4 aromatic rings. The minimum Gasteiger partial charge on any atom is -0.493 e. The molecule has 0 heterocycles. The molecular formula is C33H25BrClN3O7. The van der Waals surface area contributed by atoms with Gasteiger partial charge in [0, 0.05) is 44.9 Å². The van der Waals surface area contributed by atoms with E-state index in [0.29, 0.717) is 20.7 Å². The van der Waals surface area contributed by atoms with E-state index in [1.165, 1.54) is 50.6 Å². The number of amides is 2. The quantitative estimate of drug-likeness (QED) is 0.0625. The van der Waals surface area contributed by atoms with Crippen molar-refractivity contribution in [2.45, 2.75) is 6.92 Å². The van der Waals surface area contributed by atoms with Gasteiger partial charge in [-0.3, -0.25) is 14.4 Å². The lowest BCUT2D eigenvalue weighted by Crippen LogP contribution is -2.18. The van der Waals surface area contributed by atoms with Crippen LogP contribution in [0, 0.1) is 0 Å². The summed E-state index contributed by atoms with van der Waals surface area (Å²) in [5.74, 6) is -1.54. The summed E-state index contributed by atoms with van der Waals surface area (Å²) in [6, 6.07) is 22.5. The van der Waals surface area contributed by atoms with E-state index in [2.05, 4.69) is 31.8 Å². The van der Waals surface area contributed by atoms with Gasteiger partial charge in [0.2, 0.25) is 0 Å². The summed E-state index contributed by atoms with van der Waals surface area (Å²) in [5.41, 5.74) is 4.45. The van der Waals surface area contributed by atoms with Crippen molar-refractivity contribution in [3.8, 4) is 17.2 Å². The van der Waals surface area contributed by atoms with Crippen LogP contribution >= 0.6 is 27.5 Å². The van der Waals surface area contributed by atoms with Crippen LogP contribution in [0.25, 0.3) is 6.08 Å². The SMILES string of the molecule is COc1cc(C(=O)Nc2cccc(C(=O)NN=Cc3cc(Br)ccc3OC(=O)/C=C/c3ccc(Cl)cc3)c2)ccc1OC(C)=O. The van der Waals surface area contributed by atoms with Gasteiger partial charge >= 0.3 is 11.9 Å². The van der Waals surface area contributed by atoms with Crippen LogP contribution in [0.3, 0.4) is 0 Å². The zero-order valence-electron chi connectivity index (χ0n) is 23.9. The molecule has 0 unspecified atom stereocenters. The lowest BCUT2D eigenvalue weighted by atomic mass is 10.1. The molecule has 228 valence electrons. The monoisotopic (exact) mass is 689 g/mol. The largest absolute Gasteiger partial charge is 0.493 e. The fourth-order valence-corrected chi connectivity index (χ4v) is 4.31. The number of hydrogen-bond acceptors (Lipinski definition) is 8. The fourth-order valence-electron chi connectivity index (χ4n) is 3.81. The van der Waals surface area contributed by atoms with Crippen molar-refractivity contribution < 1.29 is 33.4 Å². The third-order valence-corrected chi connectivity index (χ3v) is 6.64. The van der Waals surface area contributed by atoms with Gasteiger partial charge < -0.3 is 19.5 Å². The molecule has 0 aliphatic rings. The van der Waals surface area contributed by atoms with Crippen LogP contribution < -0.4 is 25.0 Å². The number of anilines is 1. The summed E-state index contributed by atoms with van der Waals surface area (Å²) in [7, 11) is 1.39. The number of halogens is 2. The third kappa shape index (κ3) is 9.62. The number of hydrogen-bond donors (Lipinski definition) is 2. The summed E-state index contributed by atoms with van der Waals surface area (Å²) in [6.45, 7) is 1.26. The molecule has 0 aliphatic heterocycles. The van der Waals surface area contributed by atoms with Crippen molar-refractivity contribution in [3.63, 3.8) is 0 Å². The Labute approximate surface area is 271 Å². The summed E-state index contributed by atoms with van der Waals surface area (Å²) < 4.78 is 16.5. The van der Waals surface area contributed by atoms with E-state index in [1.54, 1.807) is 66.7 Å². The predicted molar refractivity (Wildman–Crippen MR) is 174 cm³/mol. The molecule has 0 spiro atoms. The van der Waals surface area contributed by atoms with Crippen molar-refractivity contribution in [3.05, 3.63) is 123 Å². The van der Waals surface area contributed by atoms with Gasteiger partial charge in [0.25, 0.3) is 11.8 Å². The summed E-state index contributed by atoms with van der Waals surface area (Å²) in [4.78, 5) is 49.4. The van der Waals surface area contributed by atoms with Crippen LogP contribution in [0.5, 0.6) is 17.2 Å². The number of methoxy groups -OCH3 is 1. The van der Waals surface area contributed by atoms with Crippen LogP contribution in [0.1, 0.15) is 38.8 Å². The Bertz CT molecular complexity index is 1810. The van der Waals surface area contributed by atoms with Crippen molar-refractivity contribution in [1.29, 1.82) is 0 Å². The summed E-state index contributed by atoms with van der Waals surface area (Å²) in [5, 5.41) is 7.31. The molecule has 0 saturated heterocycles.